The van der Waals surface area contributed by atoms with E-state index in [-0.39, 0.29) is 23.7 Å². The van der Waals surface area contributed by atoms with Crippen molar-refractivity contribution in [2.45, 2.75) is 50.5 Å². The lowest BCUT2D eigenvalue weighted by molar-refractivity contribution is -0.143. The van der Waals surface area contributed by atoms with Crippen LogP contribution in [0.4, 0.5) is 0 Å². The van der Waals surface area contributed by atoms with Crippen LogP contribution >= 0.6 is 35.0 Å². The highest BCUT2D eigenvalue weighted by molar-refractivity contribution is 7.99. The number of hydrogen-bond donors (Lipinski definition) is 0. The average molecular weight is 520 g/mol. The molecule has 9 heteroatoms. The van der Waals surface area contributed by atoms with Crippen molar-refractivity contribution >= 4 is 51.8 Å². The van der Waals surface area contributed by atoms with Gasteiger partial charge in [-0.1, -0.05) is 47.1 Å². The number of carbonyl (C=O) groups is 1. The van der Waals surface area contributed by atoms with Crippen LogP contribution in [0.1, 0.15) is 33.1 Å². The molecule has 0 aliphatic carbocycles. The third-order valence-electron chi connectivity index (χ3n) is 5.69. The molecule has 0 saturated carbocycles. The molecule has 3 aromatic rings. The van der Waals surface area contributed by atoms with Crippen LogP contribution < -0.4 is 5.56 Å². The molecule has 1 amide bonds. The second kappa shape index (κ2) is 11.1. The Balaban J connectivity index is 1.46. The van der Waals surface area contributed by atoms with Gasteiger partial charge in [-0.25, -0.2) is 4.98 Å². The van der Waals surface area contributed by atoms with Crippen molar-refractivity contribution in [3.63, 3.8) is 0 Å². The zero-order valence-corrected chi connectivity index (χ0v) is 21.5. The molecule has 2 heterocycles. The first-order valence-corrected chi connectivity index (χ1v) is 13.1. The Labute approximate surface area is 213 Å². The van der Waals surface area contributed by atoms with E-state index in [0.717, 1.165) is 18.6 Å². The van der Waals surface area contributed by atoms with Gasteiger partial charge in [-0.3, -0.25) is 14.2 Å². The number of morpholine rings is 1. The summed E-state index contributed by atoms with van der Waals surface area (Å²) in [4.78, 5) is 32.6. The first-order valence-electron chi connectivity index (χ1n) is 11.4. The molecule has 1 aromatic heterocycles. The van der Waals surface area contributed by atoms with Crippen LogP contribution in [0.25, 0.3) is 16.6 Å². The largest absolute Gasteiger partial charge is 0.372 e. The first kappa shape index (κ1) is 25.0. The Morgan fingerprint density at radius 2 is 1.82 bits per heavy atom. The summed E-state index contributed by atoms with van der Waals surface area (Å²) < 4.78 is 7.29. The summed E-state index contributed by atoms with van der Waals surface area (Å²) in [6.45, 7) is 5.29. The van der Waals surface area contributed by atoms with Crippen LogP contribution in [0.5, 0.6) is 0 Å². The molecule has 180 valence electrons. The standard InChI is InChI=1S/C25H27Cl2N3O3S/c1-16-14-29(15-17(2)33-16)23(31)9-5-6-12-34-25-28-22-8-4-3-7-19(22)24(32)30(25)18-10-11-20(26)21(27)13-18/h3-4,7-8,10-11,13,16-17H,5-6,9,12,14-15H2,1-2H3. The van der Waals surface area contributed by atoms with E-state index >= 15 is 0 Å². The molecular weight excluding hydrogens is 493 g/mol. The zero-order valence-electron chi connectivity index (χ0n) is 19.2. The second-order valence-electron chi connectivity index (χ2n) is 8.51. The quantitative estimate of drug-likeness (QED) is 0.231. The molecule has 1 aliphatic rings. The van der Waals surface area contributed by atoms with Gasteiger partial charge in [0.15, 0.2) is 5.16 Å². The predicted molar refractivity (Wildman–Crippen MR) is 139 cm³/mol. The second-order valence-corrected chi connectivity index (χ2v) is 10.4. The normalized spacial score (nSPS) is 18.4. The van der Waals surface area contributed by atoms with Gasteiger partial charge in [-0.15, -0.1) is 0 Å². The van der Waals surface area contributed by atoms with E-state index in [4.69, 9.17) is 32.9 Å². The Morgan fingerprint density at radius 3 is 2.56 bits per heavy atom. The van der Waals surface area contributed by atoms with E-state index in [1.807, 2.05) is 36.9 Å². The van der Waals surface area contributed by atoms with Crippen molar-refractivity contribution in [2.75, 3.05) is 18.8 Å². The fourth-order valence-electron chi connectivity index (χ4n) is 4.14. The van der Waals surface area contributed by atoms with Gasteiger partial charge >= 0.3 is 0 Å². The van der Waals surface area contributed by atoms with Gasteiger partial charge in [0.25, 0.3) is 5.56 Å². The summed E-state index contributed by atoms with van der Waals surface area (Å²) in [6.07, 6.45) is 2.25. The molecule has 1 aliphatic heterocycles. The minimum atomic E-state index is -0.155. The molecule has 0 bridgehead atoms. The van der Waals surface area contributed by atoms with E-state index < -0.39 is 0 Å². The van der Waals surface area contributed by atoms with Crippen LogP contribution in [0.2, 0.25) is 10.0 Å². The molecular formula is C25H27Cl2N3O3S. The monoisotopic (exact) mass is 519 g/mol. The van der Waals surface area contributed by atoms with Gasteiger partial charge in [0.2, 0.25) is 5.91 Å². The maximum Gasteiger partial charge on any atom is 0.266 e. The number of thioether (sulfide) groups is 1. The lowest BCUT2D eigenvalue weighted by atomic mass is 10.2. The smallest absolute Gasteiger partial charge is 0.266 e. The third-order valence-corrected chi connectivity index (χ3v) is 7.46. The lowest BCUT2D eigenvalue weighted by Gasteiger charge is -2.35. The van der Waals surface area contributed by atoms with Gasteiger partial charge in [-0.05, 0) is 57.0 Å². The predicted octanol–water partition coefficient (Wildman–Crippen LogP) is 5.59. The number of benzene rings is 2. The number of hydrogen-bond acceptors (Lipinski definition) is 5. The summed E-state index contributed by atoms with van der Waals surface area (Å²) >= 11 is 13.8. The maximum absolute atomic E-state index is 13.3. The van der Waals surface area contributed by atoms with Crippen molar-refractivity contribution in [1.82, 2.24) is 14.5 Å². The fourth-order valence-corrected chi connectivity index (χ4v) is 5.45. The van der Waals surface area contributed by atoms with Gasteiger partial charge in [0, 0.05) is 25.3 Å². The molecule has 0 N–H and O–H groups in total. The van der Waals surface area contributed by atoms with Crippen molar-refractivity contribution in [2.24, 2.45) is 0 Å². The molecule has 2 aromatic carbocycles. The molecule has 1 saturated heterocycles. The number of aromatic nitrogens is 2. The topological polar surface area (TPSA) is 64.4 Å². The van der Waals surface area contributed by atoms with E-state index in [1.165, 1.54) is 11.8 Å². The molecule has 2 unspecified atom stereocenters. The number of rotatable bonds is 7. The number of halogens is 2. The Kier molecular flexibility index (Phi) is 8.19. The third kappa shape index (κ3) is 5.77. The summed E-state index contributed by atoms with van der Waals surface area (Å²) in [5.41, 5.74) is 1.11. The molecule has 6 nitrogen and oxygen atoms in total. The Bertz CT molecular complexity index is 1240. The SMILES string of the molecule is CC1CN(C(=O)CCCCSc2nc3ccccc3c(=O)n2-c2ccc(Cl)c(Cl)c2)CC(C)O1. The van der Waals surface area contributed by atoms with E-state index in [0.29, 0.717) is 51.3 Å². The maximum atomic E-state index is 13.3. The number of para-hydroxylation sites is 1. The number of amides is 1. The van der Waals surface area contributed by atoms with Crippen LogP contribution in [0.3, 0.4) is 0 Å². The number of fused-ring (bicyclic) bond motifs is 1. The molecule has 4 rings (SSSR count). The van der Waals surface area contributed by atoms with Crippen LogP contribution in [0.15, 0.2) is 52.4 Å². The highest BCUT2D eigenvalue weighted by Gasteiger charge is 2.25. The molecule has 2 atom stereocenters. The van der Waals surface area contributed by atoms with Gasteiger partial charge in [0.1, 0.15) is 0 Å². The average Bonchev–Trinajstić information content (AvgIpc) is 2.80. The molecule has 1 fully saturated rings. The van der Waals surface area contributed by atoms with Crippen LogP contribution in [-0.4, -0.2) is 51.4 Å². The minimum absolute atomic E-state index is 0.0698. The van der Waals surface area contributed by atoms with Gasteiger partial charge < -0.3 is 9.64 Å². The van der Waals surface area contributed by atoms with E-state index in [9.17, 15) is 9.59 Å². The van der Waals surface area contributed by atoms with Crippen LogP contribution in [0, 0.1) is 0 Å². The number of nitrogens with zero attached hydrogens (tertiary/aromatic N) is 3. The van der Waals surface area contributed by atoms with E-state index in [2.05, 4.69) is 0 Å². The van der Waals surface area contributed by atoms with Gasteiger partial charge in [-0.2, -0.15) is 0 Å². The zero-order chi connectivity index (χ0) is 24.2. The number of carbonyl (C=O) groups excluding carboxylic acids is 1. The summed E-state index contributed by atoms with van der Waals surface area (Å²) in [6, 6.07) is 12.4. The minimum Gasteiger partial charge on any atom is -0.372 e. The Morgan fingerprint density at radius 1 is 1.09 bits per heavy atom. The molecule has 34 heavy (non-hydrogen) atoms. The summed E-state index contributed by atoms with van der Waals surface area (Å²) in [5.74, 6) is 0.901. The highest BCUT2D eigenvalue weighted by Crippen LogP contribution is 2.27. The number of ether oxygens (including phenoxy) is 1. The lowest BCUT2D eigenvalue weighted by Crippen LogP contribution is -2.48. The van der Waals surface area contributed by atoms with Crippen LogP contribution in [-0.2, 0) is 9.53 Å². The Hall–Kier alpha value is -2.06. The molecule has 0 spiro atoms. The van der Waals surface area contributed by atoms with Gasteiger partial charge in [0.05, 0.1) is 38.8 Å². The number of unbranched alkanes of at least 4 members (excludes halogenated alkanes) is 1. The fraction of sp³-hybridized carbons (Fsp3) is 0.400. The summed E-state index contributed by atoms with van der Waals surface area (Å²) in [5, 5.41) is 1.93. The van der Waals surface area contributed by atoms with E-state index in [1.54, 1.807) is 28.8 Å². The van der Waals surface area contributed by atoms with Crippen molar-refractivity contribution in [3.8, 4) is 5.69 Å². The highest BCUT2D eigenvalue weighted by atomic mass is 35.5. The van der Waals surface area contributed by atoms with Crippen molar-refractivity contribution in [1.29, 1.82) is 0 Å². The summed E-state index contributed by atoms with van der Waals surface area (Å²) in [7, 11) is 0. The molecule has 0 radical (unpaired) electrons. The van der Waals surface area contributed by atoms with Crippen molar-refractivity contribution < 1.29 is 9.53 Å². The first-order chi connectivity index (χ1) is 16.3. The van der Waals surface area contributed by atoms with Crippen molar-refractivity contribution in [3.05, 3.63) is 62.9 Å².